The molecule has 0 saturated carbocycles. The van der Waals surface area contributed by atoms with Gasteiger partial charge >= 0.3 is 0 Å². The summed E-state index contributed by atoms with van der Waals surface area (Å²) < 4.78 is 6.84. The molecule has 92 valence electrons. The third-order valence-electron chi connectivity index (χ3n) is 2.96. The van der Waals surface area contributed by atoms with Crippen LogP contribution in [0.2, 0.25) is 5.02 Å². The Labute approximate surface area is 119 Å². The number of anilines is 1. The number of halogens is 2. The van der Waals surface area contributed by atoms with Crippen molar-refractivity contribution in [3.05, 3.63) is 57.5 Å². The highest BCUT2D eigenvalue weighted by Crippen LogP contribution is 2.37. The van der Waals surface area contributed by atoms with Gasteiger partial charge < -0.3 is 10.1 Å². The molecule has 0 fully saturated rings. The lowest BCUT2D eigenvalue weighted by atomic mass is 10.1. The molecule has 0 amide bonds. The molecular weight excluding hydrogens is 314 g/mol. The molecule has 1 aliphatic heterocycles. The molecule has 2 aromatic rings. The van der Waals surface area contributed by atoms with Crippen molar-refractivity contribution in [2.45, 2.75) is 6.04 Å². The Morgan fingerprint density at radius 1 is 1.22 bits per heavy atom. The van der Waals surface area contributed by atoms with Crippen molar-refractivity contribution in [3.63, 3.8) is 0 Å². The van der Waals surface area contributed by atoms with Gasteiger partial charge in [-0.05, 0) is 29.8 Å². The van der Waals surface area contributed by atoms with Gasteiger partial charge in [0.05, 0.1) is 11.7 Å². The van der Waals surface area contributed by atoms with Crippen LogP contribution in [0.1, 0.15) is 11.6 Å². The zero-order valence-corrected chi connectivity index (χ0v) is 11.8. The molecule has 1 heterocycles. The predicted octanol–water partition coefficient (Wildman–Crippen LogP) is 4.65. The average molecular weight is 325 g/mol. The Hall–Kier alpha value is -1.19. The molecule has 2 nitrogen and oxygen atoms in total. The summed E-state index contributed by atoms with van der Waals surface area (Å²) in [6, 6.07) is 13.9. The summed E-state index contributed by atoms with van der Waals surface area (Å²) in [6.45, 7) is 0.608. The Bertz CT molecular complexity index is 588. The molecular formula is C14H11BrClNO. The monoisotopic (exact) mass is 323 g/mol. The van der Waals surface area contributed by atoms with Gasteiger partial charge in [-0.2, -0.15) is 0 Å². The second kappa shape index (κ2) is 4.82. The largest absolute Gasteiger partial charge is 0.489 e. The Morgan fingerprint density at radius 2 is 2.06 bits per heavy atom. The van der Waals surface area contributed by atoms with Crippen molar-refractivity contribution in [2.75, 3.05) is 11.9 Å². The highest BCUT2D eigenvalue weighted by Gasteiger charge is 2.21. The number of ether oxygens (including phenoxy) is 1. The molecule has 0 radical (unpaired) electrons. The lowest BCUT2D eigenvalue weighted by Gasteiger charge is -2.28. The summed E-state index contributed by atoms with van der Waals surface area (Å²) in [6.07, 6.45) is 0. The van der Waals surface area contributed by atoms with Crippen LogP contribution in [0.3, 0.4) is 0 Å². The van der Waals surface area contributed by atoms with E-state index in [4.69, 9.17) is 16.3 Å². The van der Waals surface area contributed by atoms with Crippen molar-refractivity contribution >= 4 is 33.2 Å². The molecule has 1 aliphatic rings. The summed E-state index contributed by atoms with van der Waals surface area (Å²) in [5.74, 6) is 0.850. The maximum Gasteiger partial charge on any atom is 0.142 e. The number of rotatable bonds is 1. The minimum absolute atomic E-state index is 0.131. The number of fused-ring (bicyclic) bond motifs is 1. The van der Waals surface area contributed by atoms with Gasteiger partial charge in [-0.3, -0.25) is 0 Å². The van der Waals surface area contributed by atoms with E-state index >= 15 is 0 Å². The van der Waals surface area contributed by atoms with E-state index in [-0.39, 0.29) is 6.04 Å². The quantitative estimate of drug-likeness (QED) is 0.824. The fourth-order valence-electron chi connectivity index (χ4n) is 2.07. The Balaban J connectivity index is 1.93. The summed E-state index contributed by atoms with van der Waals surface area (Å²) in [5.41, 5.74) is 2.12. The van der Waals surface area contributed by atoms with E-state index < -0.39 is 0 Å². The van der Waals surface area contributed by atoms with Crippen molar-refractivity contribution in [1.29, 1.82) is 0 Å². The molecule has 0 spiro atoms. The van der Waals surface area contributed by atoms with Crippen molar-refractivity contribution < 1.29 is 4.74 Å². The number of benzene rings is 2. The van der Waals surface area contributed by atoms with Gasteiger partial charge in [0, 0.05) is 9.50 Å². The molecule has 1 N–H and O–H groups in total. The summed E-state index contributed by atoms with van der Waals surface area (Å²) in [5, 5.41) is 4.16. The summed E-state index contributed by atoms with van der Waals surface area (Å²) in [4.78, 5) is 0. The lowest BCUT2D eigenvalue weighted by Crippen LogP contribution is -2.24. The minimum Gasteiger partial charge on any atom is -0.489 e. The van der Waals surface area contributed by atoms with Crippen molar-refractivity contribution in [2.24, 2.45) is 0 Å². The minimum atomic E-state index is 0.131. The molecule has 0 saturated heterocycles. The first kappa shape index (κ1) is 11.9. The second-order valence-corrected chi connectivity index (χ2v) is 5.46. The van der Waals surface area contributed by atoms with Gasteiger partial charge in [0.2, 0.25) is 0 Å². The second-order valence-electron chi connectivity index (χ2n) is 4.17. The van der Waals surface area contributed by atoms with E-state index in [1.54, 1.807) is 0 Å². The van der Waals surface area contributed by atoms with E-state index in [0.29, 0.717) is 11.6 Å². The zero-order chi connectivity index (χ0) is 12.5. The molecule has 1 unspecified atom stereocenters. The molecule has 18 heavy (non-hydrogen) atoms. The fourth-order valence-corrected chi connectivity index (χ4v) is 2.80. The van der Waals surface area contributed by atoms with Crippen LogP contribution in [0.4, 0.5) is 5.69 Å². The molecule has 3 rings (SSSR count). The number of nitrogens with one attached hydrogen (secondary N) is 1. The van der Waals surface area contributed by atoms with Gasteiger partial charge in [0.25, 0.3) is 0 Å². The van der Waals surface area contributed by atoms with Gasteiger partial charge in [0.15, 0.2) is 0 Å². The maximum absolute atomic E-state index is 6.00. The standard InChI is InChI=1S/C14H11BrClNO/c15-11-4-2-1-3-10(11)13-8-18-14-6-5-9(16)7-12(14)17-13/h1-7,13,17H,8H2. The summed E-state index contributed by atoms with van der Waals surface area (Å²) >= 11 is 9.56. The van der Waals surface area contributed by atoms with Crippen LogP contribution < -0.4 is 10.1 Å². The molecule has 4 heteroatoms. The first-order valence-electron chi connectivity index (χ1n) is 5.67. The van der Waals surface area contributed by atoms with Crippen LogP contribution in [0, 0.1) is 0 Å². The highest BCUT2D eigenvalue weighted by atomic mass is 79.9. The predicted molar refractivity (Wildman–Crippen MR) is 77.5 cm³/mol. The van der Waals surface area contributed by atoms with Crippen molar-refractivity contribution in [3.8, 4) is 5.75 Å². The molecule has 1 atom stereocenters. The molecule has 0 aliphatic carbocycles. The lowest BCUT2D eigenvalue weighted by molar-refractivity contribution is 0.286. The SMILES string of the molecule is Clc1ccc2c(c1)NC(c1ccccc1Br)CO2. The van der Waals surface area contributed by atoms with Gasteiger partial charge in [-0.25, -0.2) is 0 Å². The maximum atomic E-state index is 6.00. The number of hydrogen-bond acceptors (Lipinski definition) is 2. The topological polar surface area (TPSA) is 21.3 Å². The average Bonchev–Trinajstić information content (AvgIpc) is 2.38. The van der Waals surface area contributed by atoms with Crippen LogP contribution >= 0.6 is 27.5 Å². The highest BCUT2D eigenvalue weighted by molar-refractivity contribution is 9.10. The van der Waals surface area contributed by atoms with E-state index in [0.717, 1.165) is 15.9 Å². The Kier molecular flexibility index (Phi) is 3.18. The number of hydrogen-bond donors (Lipinski definition) is 1. The zero-order valence-electron chi connectivity index (χ0n) is 9.49. The van der Waals surface area contributed by atoms with Gasteiger partial charge in [-0.15, -0.1) is 0 Å². The molecule has 0 aromatic heterocycles. The third kappa shape index (κ3) is 2.20. The smallest absolute Gasteiger partial charge is 0.142 e. The summed E-state index contributed by atoms with van der Waals surface area (Å²) in [7, 11) is 0. The fraction of sp³-hybridized carbons (Fsp3) is 0.143. The molecule has 0 bridgehead atoms. The van der Waals surface area contributed by atoms with E-state index in [1.807, 2.05) is 36.4 Å². The van der Waals surface area contributed by atoms with E-state index in [2.05, 4.69) is 27.3 Å². The van der Waals surface area contributed by atoms with Crippen LogP contribution in [0.25, 0.3) is 0 Å². The van der Waals surface area contributed by atoms with E-state index in [9.17, 15) is 0 Å². The Morgan fingerprint density at radius 3 is 2.89 bits per heavy atom. The van der Waals surface area contributed by atoms with Crippen LogP contribution in [0.5, 0.6) is 5.75 Å². The normalized spacial score (nSPS) is 17.6. The van der Waals surface area contributed by atoms with Crippen LogP contribution in [-0.2, 0) is 0 Å². The molecule has 2 aromatic carbocycles. The third-order valence-corrected chi connectivity index (χ3v) is 3.91. The van der Waals surface area contributed by atoms with Gasteiger partial charge in [0.1, 0.15) is 12.4 Å². The van der Waals surface area contributed by atoms with E-state index in [1.165, 1.54) is 5.56 Å². The van der Waals surface area contributed by atoms with Gasteiger partial charge in [-0.1, -0.05) is 45.7 Å². The van der Waals surface area contributed by atoms with Crippen molar-refractivity contribution in [1.82, 2.24) is 0 Å². The first-order chi connectivity index (χ1) is 8.74. The first-order valence-corrected chi connectivity index (χ1v) is 6.84. The van der Waals surface area contributed by atoms with Crippen LogP contribution in [-0.4, -0.2) is 6.61 Å². The van der Waals surface area contributed by atoms with Crippen LogP contribution in [0.15, 0.2) is 46.9 Å².